The van der Waals surface area contributed by atoms with Crippen LogP contribution in [0.2, 0.25) is 0 Å². The Balaban J connectivity index is 1.88. The molecule has 0 aliphatic carbocycles. The molecule has 2 nitrogen and oxygen atoms in total. The van der Waals surface area contributed by atoms with Crippen molar-refractivity contribution in [3.05, 3.63) is 65.7 Å². The van der Waals surface area contributed by atoms with E-state index in [2.05, 4.69) is 30.1 Å². The van der Waals surface area contributed by atoms with Crippen LogP contribution in [-0.4, -0.2) is 12.5 Å². The molecular weight excluding hydrogens is 242 g/mol. The van der Waals surface area contributed by atoms with Gasteiger partial charge >= 0.3 is 0 Å². The van der Waals surface area contributed by atoms with Crippen LogP contribution >= 0.6 is 12.6 Å². The number of carbonyl (C=O) groups excluding carboxylic acids is 1. The lowest BCUT2D eigenvalue weighted by Gasteiger charge is -2.07. The highest BCUT2D eigenvalue weighted by Crippen LogP contribution is 2.12. The lowest BCUT2D eigenvalue weighted by atomic mass is 10.1. The molecule has 0 heterocycles. The highest BCUT2D eigenvalue weighted by Gasteiger charge is 2.07. The molecule has 2 aromatic rings. The van der Waals surface area contributed by atoms with Crippen molar-refractivity contribution in [2.45, 2.75) is 11.3 Å². The Morgan fingerprint density at radius 3 is 2.39 bits per heavy atom. The third kappa shape index (κ3) is 3.37. The number of hydrogen-bond donors (Lipinski definition) is 2. The molecular formula is C15H15NOS. The van der Waals surface area contributed by atoms with Crippen LogP contribution in [0.1, 0.15) is 15.9 Å². The SMILES string of the molecule is O=C(NCCc1ccccc1)c1ccccc1S. The second kappa shape index (κ2) is 6.26. The Bertz CT molecular complexity index is 525. The van der Waals surface area contributed by atoms with Gasteiger partial charge in [-0.15, -0.1) is 12.6 Å². The van der Waals surface area contributed by atoms with Crippen LogP contribution in [0.5, 0.6) is 0 Å². The minimum atomic E-state index is -0.0727. The van der Waals surface area contributed by atoms with Crippen molar-refractivity contribution in [1.82, 2.24) is 5.32 Å². The highest BCUT2D eigenvalue weighted by molar-refractivity contribution is 7.80. The maximum absolute atomic E-state index is 11.9. The Hall–Kier alpha value is -1.74. The largest absolute Gasteiger partial charge is 0.352 e. The fraction of sp³-hybridized carbons (Fsp3) is 0.133. The third-order valence-electron chi connectivity index (χ3n) is 2.69. The van der Waals surface area contributed by atoms with Crippen molar-refractivity contribution in [3.8, 4) is 0 Å². The fourth-order valence-corrected chi connectivity index (χ4v) is 1.99. The molecule has 18 heavy (non-hydrogen) atoms. The van der Waals surface area contributed by atoms with Crippen molar-refractivity contribution in [2.75, 3.05) is 6.54 Å². The van der Waals surface area contributed by atoms with Crippen LogP contribution in [0.25, 0.3) is 0 Å². The van der Waals surface area contributed by atoms with Crippen LogP contribution in [0.3, 0.4) is 0 Å². The van der Waals surface area contributed by atoms with Gasteiger partial charge in [-0.3, -0.25) is 4.79 Å². The summed E-state index contributed by atoms with van der Waals surface area (Å²) >= 11 is 4.27. The quantitative estimate of drug-likeness (QED) is 0.810. The summed E-state index contributed by atoms with van der Waals surface area (Å²) in [6.07, 6.45) is 0.835. The van der Waals surface area contributed by atoms with Gasteiger partial charge in [0.1, 0.15) is 0 Å². The standard InChI is InChI=1S/C15H15NOS/c17-15(13-8-4-5-9-14(13)18)16-11-10-12-6-2-1-3-7-12/h1-9,18H,10-11H2,(H,16,17). The van der Waals surface area contributed by atoms with Gasteiger partial charge in [0.2, 0.25) is 0 Å². The molecule has 0 spiro atoms. The van der Waals surface area contributed by atoms with Gasteiger partial charge in [-0.2, -0.15) is 0 Å². The Morgan fingerprint density at radius 1 is 1.00 bits per heavy atom. The second-order valence-corrected chi connectivity index (χ2v) is 4.49. The molecule has 3 heteroatoms. The zero-order valence-electron chi connectivity index (χ0n) is 9.97. The first-order chi connectivity index (χ1) is 8.77. The van der Waals surface area contributed by atoms with Gasteiger partial charge in [0.15, 0.2) is 0 Å². The summed E-state index contributed by atoms with van der Waals surface area (Å²) in [5.74, 6) is -0.0727. The minimum Gasteiger partial charge on any atom is -0.352 e. The van der Waals surface area contributed by atoms with Crippen LogP contribution in [-0.2, 0) is 6.42 Å². The molecule has 92 valence electrons. The fourth-order valence-electron chi connectivity index (χ4n) is 1.73. The molecule has 2 aromatic carbocycles. The summed E-state index contributed by atoms with van der Waals surface area (Å²) in [7, 11) is 0. The zero-order chi connectivity index (χ0) is 12.8. The van der Waals surface area contributed by atoms with E-state index in [9.17, 15) is 4.79 Å². The number of rotatable bonds is 4. The van der Waals surface area contributed by atoms with E-state index in [0.29, 0.717) is 17.0 Å². The summed E-state index contributed by atoms with van der Waals surface area (Å²) in [4.78, 5) is 12.6. The van der Waals surface area contributed by atoms with Crippen molar-refractivity contribution >= 4 is 18.5 Å². The Kier molecular flexibility index (Phi) is 4.42. The number of amides is 1. The van der Waals surface area contributed by atoms with E-state index in [1.807, 2.05) is 36.4 Å². The maximum Gasteiger partial charge on any atom is 0.252 e. The van der Waals surface area contributed by atoms with Crippen LogP contribution in [0, 0.1) is 0 Å². The lowest BCUT2D eigenvalue weighted by Crippen LogP contribution is -2.26. The van der Waals surface area contributed by atoms with E-state index < -0.39 is 0 Å². The van der Waals surface area contributed by atoms with E-state index in [-0.39, 0.29) is 5.91 Å². The van der Waals surface area contributed by atoms with Crippen LogP contribution in [0.4, 0.5) is 0 Å². The van der Waals surface area contributed by atoms with Gasteiger partial charge in [-0.25, -0.2) is 0 Å². The van der Waals surface area contributed by atoms with Crippen molar-refractivity contribution < 1.29 is 4.79 Å². The van der Waals surface area contributed by atoms with E-state index in [1.54, 1.807) is 6.07 Å². The molecule has 0 fully saturated rings. The normalized spacial score (nSPS) is 10.1. The molecule has 0 saturated heterocycles. The third-order valence-corrected chi connectivity index (χ3v) is 3.08. The summed E-state index contributed by atoms with van der Waals surface area (Å²) in [5, 5.41) is 2.90. The molecule has 1 amide bonds. The molecule has 0 unspecified atom stereocenters. The van der Waals surface area contributed by atoms with Gasteiger partial charge in [0, 0.05) is 11.4 Å². The second-order valence-electron chi connectivity index (χ2n) is 4.01. The molecule has 0 atom stereocenters. The van der Waals surface area contributed by atoms with E-state index in [0.717, 1.165) is 6.42 Å². The van der Waals surface area contributed by atoms with E-state index in [1.165, 1.54) is 5.56 Å². The molecule has 0 aliphatic rings. The highest BCUT2D eigenvalue weighted by atomic mass is 32.1. The average molecular weight is 257 g/mol. The topological polar surface area (TPSA) is 29.1 Å². The zero-order valence-corrected chi connectivity index (χ0v) is 10.9. The molecule has 2 rings (SSSR count). The van der Waals surface area contributed by atoms with E-state index >= 15 is 0 Å². The number of carbonyl (C=O) groups is 1. The van der Waals surface area contributed by atoms with Gasteiger partial charge in [-0.05, 0) is 24.1 Å². The predicted molar refractivity (Wildman–Crippen MR) is 76.2 cm³/mol. The molecule has 0 saturated carbocycles. The first-order valence-corrected chi connectivity index (χ1v) is 6.32. The van der Waals surface area contributed by atoms with Crippen molar-refractivity contribution in [2.24, 2.45) is 0 Å². The first-order valence-electron chi connectivity index (χ1n) is 5.87. The molecule has 0 bridgehead atoms. The van der Waals surface area contributed by atoms with Gasteiger partial charge in [0.25, 0.3) is 5.91 Å². The molecule has 1 N–H and O–H groups in total. The number of benzene rings is 2. The van der Waals surface area contributed by atoms with Gasteiger partial charge in [0.05, 0.1) is 5.56 Å². The average Bonchev–Trinajstić information content (AvgIpc) is 2.40. The van der Waals surface area contributed by atoms with E-state index in [4.69, 9.17) is 0 Å². The first kappa shape index (κ1) is 12.7. The smallest absolute Gasteiger partial charge is 0.252 e. The van der Waals surface area contributed by atoms with Crippen LogP contribution < -0.4 is 5.32 Å². The minimum absolute atomic E-state index is 0.0727. The number of nitrogens with one attached hydrogen (secondary N) is 1. The summed E-state index contributed by atoms with van der Waals surface area (Å²) < 4.78 is 0. The van der Waals surface area contributed by atoms with Gasteiger partial charge < -0.3 is 5.32 Å². The number of thiol groups is 1. The number of hydrogen-bond acceptors (Lipinski definition) is 2. The Morgan fingerprint density at radius 2 is 1.67 bits per heavy atom. The molecule has 0 aromatic heterocycles. The van der Waals surface area contributed by atoms with Crippen molar-refractivity contribution in [1.29, 1.82) is 0 Å². The lowest BCUT2D eigenvalue weighted by molar-refractivity contribution is 0.0951. The summed E-state index contributed by atoms with van der Waals surface area (Å²) in [6.45, 7) is 0.630. The van der Waals surface area contributed by atoms with Gasteiger partial charge in [-0.1, -0.05) is 42.5 Å². The van der Waals surface area contributed by atoms with Crippen LogP contribution in [0.15, 0.2) is 59.5 Å². The summed E-state index contributed by atoms with van der Waals surface area (Å²) in [6, 6.07) is 17.4. The molecule has 0 radical (unpaired) electrons. The Labute approximate surface area is 112 Å². The predicted octanol–water partition coefficient (Wildman–Crippen LogP) is 2.95. The van der Waals surface area contributed by atoms with Crippen molar-refractivity contribution in [3.63, 3.8) is 0 Å². The molecule has 0 aliphatic heterocycles. The summed E-state index contributed by atoms with van der Waals surface area (Å²) in [5.41, 5.74) is 1.84. The maximum atomic E-state index is 11.9. The monoisotopic (exact) mass is 257 g/mol.